The fourth-order valence-electron chi connectivity index (χ4n) is 9.75. The van der Waals surface area contributed by atoms with Crippen molar-refractivity contribution in [1.82, 2.24) is 0 Å². The van der Waals surface area contributed by atoms with Crippen LogP contribution in [-0.4, -0.2) is 35.2 Å². The SMILES string of the molecule is CC1(C)C(=CC=CC=CC2=[N+](CC(=O)N3c4ccccc4Sc4ccc(Cl)cc43)c3ccccc3C2(C)C)N(CC(=O)N2c3ccccc3Cc3ccccc32)c2ccccc21. The van der Waals surface area contributed by atoms with Crippen LogP contribution >= 0.6 is 23.4 Å². The van der Waals surface area contributed by atoms with E-state index in [1.54, 1.807) is 11.8 Å². The molecule has 4 heterocycles. The highest BCUT2D eigenvalue weighted by Gasteiger charge is 2.46. The Morgan fingerprint density at radius 2 is 1.23 bits per heavy atom. The second kappa shape index (κ2) is 15.5. The van der Waals surface area contributed by atoms with E-state index >= 15 is 0 Å². The molecule has 0 unspecified atom stereocenters. The van der Waals surface area contributed by atoms with E-state index < -0.39 is 0 Å². The van der Waals surface area contributed by atoms with E-state index in [-0.39, 0.29) is 35.7 Å². The predicted molar refractivity (Wildman–Crippen MR) is 254 cm³/mol. The molecule has 0 saturated heterocycles. The first-order valence-electron chi connectivity index (χ1n) is 21.1. The number of anilines is 5. The smallest absolute Gasteiger partial charge is 0.297 e. The molecule has 0 bridgehead atoms. The normalized spacial score (nSPS) is 17.2. The second-order valence-corrected chi connectivity index (χ2v) is 18.7. The highest BCUT2D eigenvalue weighted by molar-refractivity contribution is 7.99. The number of hydrogen-bond acceptors (Lipinski definition) is 4. The Hall–Kier alpha value is -6.41. The van der Waals surface area contributed by atoms with Crippen LogP contribution in [0.1, 0.15) is 49.9 Å². The summed E-state index contributed by atoms with van der Waals surface area (Å²) in [5.41, 5.74) is 11.6. The van der Waals surface area contributed by atoms with Gasteiger partial charge in [-0.1, -0.05) is 140 Å². The molecule has 0 fully saturated rings. The summed E-state index contributed by atoms with van der Waals surface area (Å²) in [4.78, 5) is 37.3. The molecule has 4 aliphatic rings. The van der Waals surface area contributed by atoms with E-state index in [1.807, 2.05) is 88.7 Å². The quantitative estimate of drug-likeness (QED) is 0.119. The molecule has 6 aromatic rings. The van der Waals surface area contributed by atoms with Crippen LogP contribution in [-0.2, 0) is 26.8 Å². The Kier molecular flexibility index (Phi) is 9.92. The Balaban J connectivity index is 0.974. The highest BCUT2D eigenvalue weighted by Crippen LogP contribution is 2.50. The molecular formula is C54H46ClN4O2S+. The van der Waals surface area contributed by atoms with Crippen molar-refractivity contribution >= 4 is 75.0 Å². The summed E-state index contributed by atoms with van der Waals surface area (Å²) < 4.78 is 2.16. The van der Waals surface area contributed by atoms with Gasteiger partial charge in [0.05, 0.1) is 28.2 Å². The van der Waals surface area contributed by atoms with Crippen LogP contribution in [0.4, 0.5) is 34.1 Å². The molecule has 306 valence electrons. The fourth-order valence-corrected chi connectivity index (χ4v) is 11.0. The van der Waals surface area contributed by atoms with Crippen LogP contribution < -0.4 is 14.7 Å². The maximum absolute atomic E-state index is 14.7. The Morgan fingerprint density at radius 1 is 0.629 bits per heavy atom. The minimum atomic E-state index is -0.367. The van der Waals surface area contributed by atoms with Gasteiger partial charge >= 0.3 is 0 Å². The number of carbonyl (C=O) groups excluding carboxylic acids is 2. The van der Waals surface area contributed by atoms with Crippen LogP contribution in [0.15, 0.2) is 185 Å². The van der Waals surface area contributed by atoms with E-state index in [2.05, 4.69) is 128 Å². The monoisotopic (exact) mass is 849 g/mol. The van der Waals surface area contributed by atoms with Crippen LogP contribution in [0.25, 0.3) is 0 Å². The lowest BCUT2D eigenvalue weighted by Gasteiger charge is -2.34. The average Bonchev–Trinajstić information content (AvgIpc) is 3.62. The zero-order chi connectivity index (χ0) is 42.8. The van der Waals surface area contributed by atoms with Crippen molar-refractivity contribution < 1.29 is 14.2 Å². The molecule has 0 atom stereocenters. The molecule has 0 aromatic heterocycles. The third-order valence-corrected chi connectivity index (χ3v) is 14.1. The Morgan fingerprint density at radius 3 is 1.97 bits per heavy atom. The molecule has 6 aromatic carbocycles. The third kappa shape index (κ3) is 6.62. The third-order valence-electron chi connectivity index (χ3n) is 12.7. The van der Waals surface area contributed by atoms with Crippen LogP contribution in [0.2, 0.25) is 5.02 Å². The van der Waals surface area contributed by atoms with Crippen molar-refractivity contribution in [3.8, 4) is 0 Å². The minimum absolute atomic E-state index is 0.0133. The topological polar surface area (TPSA) is 46.9 Å². The van der Waals surface area contributed by atoms with Gasteiger partial charge in [-0.15, -0.1) is 0 Å². The molecule has 8 heteroatoms. The van der Waals surface area contributed by atoms with Gasteiger partial charge in [0.15, 0.2) is 5.71 Å². The standard InChI is InChI=1S/C54H46ClN4O2S/c1-53(2)39-20-10-14-24-43(39)56(34-51(60)58-41-22-12-8-18-36(41)32-37-19-9-13-23-42(37)58)49(53)28-6-5-7-29-50-54(3,4)40-21-11-15-25-44(40)57(50)35-52(61)59-45-26-16-17-27-47(45)62-48-31-30-38(55)33-46(48)59/h5-31,33H,32,34-35H2,1-4H3/q+1. The number of rotatable bonds is 7. The number of allylic oxidation sites excluding steroid dienone is 6. The molecule has 0 N–H and O–H groups in total. The number of carbonyl (C=O) groups is 2. The van der Waals surface area contributed by atoms with E-state index in [4.69, 9.17) is 11.6 Å². The Labute approximate surface area is 372 Å². The van der Waals surface area contributed by atoms with E-state index in [9.17, 15) is 9.59 Å². The van der Waals surface area contributed by atoms with Crippen molar-refractivity contribution in [2.75, 3.05) is 27.8 Å². The second-order valence-electron chi connectivity index (χ2n) is 17.2. The number of halogens is 1. The summed E-state index contributed by atoms with van der Waals surface area (Å²) in [6.45, 7) is 9.22. The molecule has 4 aliphatic heterocycles. The maximum Gasteiger partial charge on any atom is 0.297 e. The number of benzene rings is 6. The summed E-state index contributed by atoms with van der Waals surface area (Å²) >= 11 is 8.18. The summed E-state index contributed by atoms with van der Waals surface area (Å²) in [5.74, 6) is -0.0338. The van der Waals surface area contributed by atoms with Crippen LogP contribution in [0.3, 0.4) is 0 Å². The van der Waals surface area contributed by atoms with Crippen molar-refractivity contribution in [2.45, 2.75) is 54.7 Å². The molecule has 0 radical (unpaired) electrons. The predicted octanol–water partition coefficient (Wildman–Crippen LogP) is 12.6. The molecule has 62 heavy (non-hydrogen) atoms. The largest absolute Gasteiger partial charge is 0.335 e. The van der Waals surface area contributed by atoms with Gasteiger partial charge in [-0.2, -0.15) is 4.58 Å². The average molecular weight is 851 g/mol. The molecule has 6 nitrogen and oxygen atoms in total. The zero-order valence-corrected chi connectivity index (χ0v) is 36.8. The maximum atomic E-state index is 14.7. The van der Waals surface area contributed by atoms with Gasteiger partial charge in [-0.05, 0) is 85.1 Å². The first-order valence-corrected chi connectivity index (χ1v) is 22.3. The zero-order valence-electron chi connectivity index (χ0n) is 35.2. The van der Waals surface area contributed by atoms with Crippen molar-refractivity contribution in [3.05, 3.63) is 203 Å². The molecule has 10 rings (SSSR count). The number of nitrogens with zero attached hydrogens (tertiary/aromatic N) is 4. The first-order chi connectivity index (χ1) is 30.0. The molecule has 2 amide bonds. The van der Waals surface area contributed by atoms with E-state index in [0.29, 0.717) is 5.02 Å². The number of hydrogen-bond donors (Lipinski definition) is 0. The Bertz CT molecular complexity index is 2910. The minimum Gasteiger partial charge on any atom is -0.335 e. The fraction of sp³-hybridized carbons (Fsp3) is 0.167. The van der Waals surface area contributed by atoms with Crippen LogP contribution in [0, 0.1) is 0 Å². The van der Waals surface area contributed by atoms with Crippen molar-refractivity contribution in [3.63, 3.8) is 0 Å². The van der Waals surface area contributed by atoms with Gasteiger partial charge in [0.2, 0.25) is 12.2 Å². The number of para-hydroxylation sites is 5. The lowest BCUT2D eigenvalue weighted by Crippen LogP contribution is -2.39. The van der Waals surface area contributed by atoms with Gasteiger partial charge in [0.1, 0.15) is 6.54 Å². The van der Waals surface area contributed by atoms with Crippen molar-refractivity contribution in [2.24, 2.45) is 0 Å². The van der Waals surface area contributed by atoms with Gasteiger partial charge in [0.25, 0.3) is 11.8 Å². The van der Waals surface area contributed by atoms with Gasteiger partial charge in [-0.25, -0.2) is 0 Å². The van der Waals surface area contributed by atoms with E-state index in [1.165, 1.54) is 11.1 Å². The summed E-state index contributed by atoms with van der Waals surface area (Å²) in [5, 5.41) is 0.587. The molecule has 0 saturated carbocycles. The van der Waals surface area contributed by atoms with Crippen LogP contribution in [0.5, 0.6) is 0 Å². The highest BCUT2D eigenvalue weighted by atomic mass is 35.5. The molecule has 0 aliphatic carbocycles. The van der Waals surface area contributed by atoms with Gasteiger partial charge in [-0.3, -0.25) is 19.4 Å². The molecular weight excluding hydrogens is 804 g/mol. The first kappa shape index (κ1) is 39.7. The lowest BCUT2D eigenvalue weighted by molar-refractivity contribution is -0.424. The molecule has 0 spiro atoms. The van der Waals surface area contributed by atoms with Crippen molar-refractivity contribution in [1.29, 1.82) is 0 Å². The summed E-state index contributed by atoms with van der Waals surface area (Å²) in [7, 11) is 0. The van der Waals surface area contributed by atoms with E-state index in [0.717, 1.165) is 72.9 Å². The number of amides is 2. The number of fused-ring (bicyclic) bond motifs is 6. The summed E-state index contributed by atoms with van der Waals surface area (Å²) in [6.07, 6.45) is 11.2. The lowest BCUT2D eigenvalue weighted by atomic mass is 9.81. The summed E-state index contributed by atoms with van der Waals surface area (Å²) in [6, 6.07) is 47.0. The van der Waals surface area contributed by atoms with Gasteiger partial charge in [0, 0.05) is 55.7 Å². The van der Waals surface area contributed by atoms with Gasteiger partial charge < -0.3 is 4.90 Å².